The topological polar surface area (TPSA) is 114 Å². The molecule has 0 aliphatic rings. The van der Waals surface area contributed by atoms with Gasteiger partial charge in [0.25, 0.3) is 5.69 Å². The van der Waals surface area contributed by atoms with E-state index >= 15 is 0 Å². The number of aromatic hydroxyl groups is 1. The number of urea groups is 1. The van der Waals surface area contributed by atoms with Crippen LogP contribution in [0.3, 0.4) is 0 Å². The summed E-state index contributed by atoms with van der Waals surface area (Å²) in [6.45, 7) is 0. The number of phenolic OH excluding ortho intramolecular Hbond substituents is 1. The van der Waals surface area contributed by atoms with Crippen LogP contribution in [0.25, 0.3) is 0 Å². The third-order valence-electron chi connectivity index (χ3n) is 2.77. The normalized spacial score (nSPS) is 9.86. The summed E-state index contributed by atoms with van der Waals surface area (Å²) in [4.78, 5) is 21.9. The van der Waals surface area contributed by atoms with E-state index in [-0.39, 0.29) is 22.8 Å². The number of amides is 2. The van der Waals surface area contributed by atoms with Gasteiger partial charge < -0.3 is 20.5 Å². The summed E-state index contributed by atoms with van der Waals surface area (Å²) in [7, 11) is 1.46. The minimum Gasteiger partial charge on any atom is -0.506 e. The average molecular weight is 303 g/mol. The van der Waals surface area contributed by atoms with Crippen molar-refractivity contribution in [3.05, 3.63) is 52.6 Å². The summed E-state index contributed by atoms with van der Waals surface area (Å²) in [6, 6.07) is 9.28. The van der Waals surface area contributed by atoms with E-state index in [1.807, 2.05) is 0 Å². The van der Waals surface area contributed by atoms with Crippen LogP contribution in [-0.2, 0) is 0 Å². The van der Waals surface area contributed by atoms with Crippen LogP contribution in [0, 0.1) is 10.1 Å². The zero-order chi connectivity index (χ0) is 16.1. The van der Waals surface area contributed by atoms with Crippen molar-refractivity contribution in [2.75, 3.05) is 17.7 Å². The molecule has 0 unspecified atom stereocenters. The highest BCUT2D eigenvalue weighted by atomic mass is 16.6. The fourth-order valence-corrected chi connectivity index (χ4v) is 1.73. The highest BCUT2D eigenvalue weighted by Crippen LogP contribution is 2.28. The van der Waals surface area contributed by atoms with Gasteiger partial charge >= 0.3 is 6.03 Å². The maximum Gasteiger partial charge on any atom is 0.323 e. The molecule has 0 saturated heterocycles. The van der Waals surface area contributed by atoms with Crippen molar-refractivity contribution in [2.24, 2.45) is 0 Å². The first-order valence-corrected chi connectivity index (χ1v) is 6.19. The molecule has 8 heteroatoms. The molecule has 0 aliphatic heterocycles. The lowest BCUT2D eigenvalue weighted by atomic mass is 10.2. The summed E-state index contributed by atoms with van der Waals surface area (Å²) >= 11 is 0. The van der Waals surface area contributed by atoms with Crippen molar-refractivity contribution in [3.8, 4) is 11.5 Å². The Morgan fingerprint density at radius 3 is 2.64 bits per heavy atom. The number of non-ortho nitro benzene ring substituents is 1. The van der Waals surface area contributed by atoms with Crippen LogP contribution in [0.2, 0.25) is 0 Å². The van der Waals surface area contributed by atoms with E-state index in [0.29, 0.717) is 5.75 Å². The third-order valence-corrected chi connectivity index (χ3v) is 2.77. The van der Waals surface area contributed by atoms with Gasteiger partial charge in [-0.3, -0.25) is 10.1 Å². The SMILES string of the molecule is COc1ccc(NC(=O)Nc2cccc([N+](=O)[O-])c2)c(O)c1. The molecule has 2 rings (SSSR count). The molecule has 0 saturated carbocycles. The first kappa shape index (κ1) is 15.1. The van der Waals surface area contributed by atoms with Gasteiger partial charge in [-0.25, -0.2) is 4.79 Å². The quantitative estimate of drug-likeness (QED) is 0.456. The lowest BCUT2D eigenvalue weighted by Crippen LogP contribution is -2.19. The highest BCUT2D eigenvalue weighted by molar-refractivity contribution is 6.00. The number of nitrogens with one attached hydrogen (secondary N) is 2. The number of nitro groups is 1. The fourth-order valence-electron chi connectivity index (χ4n) is 1.73. The van der Waals surface area contributed by atoms with Crippen molar-refractivity contribution in [3.63, 3.8) is 0 Å². The van der Waals surface area contributed by atoms with Crippen LogP contribution in [0.5, 0.6) is 11.5 Å². The Morgan fingerprint density at radius 2 is 2.00 bits per heavy atom. The van der Waals surface area contributed by atoms with Crippen LogP contribution in [0.15, 0.2) is 42.5 Å². The number of methoxy groups -OCH3 is 1. The number of nitrogens with zero attached hydrogens (tertiary/aromatic N) is 1. The minimum atomic E-state index is -0.638. The molecule has 0 fully saturated rings. The van der Waals surface area contributed by atoms with Crippen molar-refractivity contribution in [2.45, 2.75) is 0 Å². The Labute approximate surface area is 125 Å². The molecule has 0 aliphatic carbocycles. The molecule has 3 N–H and O–H groups in total. The molecule has 0 aromatic heterocycles. The molecule has 8 nitrogen and oxygen atoms in total. The van der Waals surface area contributed by atoms with Crippen LogP contribution in [0.4, 0.5) is 21.9 Å². The second kappa shape index (κ2) is 6.44. The lowest BCUT2D eigenvalue weighted by Gasteiger charge is -2.10. The number of carbonyl (C=O) groups is 1. The minimum absolute atomic E-state index is 0.134. The number of ether oxygens (including phenoxy) is 1. The second-order valence-corrected chi connectivity index (χ2v) is 4.27. The Morgan fingerprint density at radius 1 is 1.23 bits per heavy atom. The number of anilines is 2. The molecular formula is C14H13N3O5. The summed E-state index contributed by atoms with van der Waals surface area (Å²) in [5.74, 6) is 0.288. The van der Waals surface area contributed by atoms with Crippen molar-refractivity contribution in [1.82, 2.24) is 0 Å². The van der Waals surface area contributed by atoms with Crippen LogP contribution >= 0.6 is 0 Å². The van der Waals surface area contributed by atoms with Gasteiger partial charge in [-0.15, -0.1) is 0 Å². The number of phenols is 1. The van der Waals surface area contributed by atoms with Crippen molar-refractivity contribution >= 4 is 23.1 Å². The number of rotatable bonds is 4. The third kappa shape index (κ3) is 3.63. The van der Waals surface area contributed by atoms with Gasteiger partial charge in [0.2, 0.25) is 0 Å². The molecule has 2 aromatic carbocycles. The summed E-state index contributed by atoms with van der Waals surface area (Å²) in [5, 5.41) is 25.3. The van der Waals surface area contributed by atoms with E-state index in [1.54, 1.807) is 6.07 Å². The molecule has 0 heterocycles. The predicted molar refractivity (Wildman–Crippen MR) is 80.4 cm³/mol. The van der Waals surface area contributed by atoms with Crippen LogP contribution < -0.4 is 15.4 Å². The molecular weight excluding hydrogens is 290 g/mol. The summed E-state index contributed by atoms with van der Waals surface area (Å²) in [6.07, 6.45) is 0. The predicted octanol–water partition coefficient (Wildman–Crippen LogP) is 2.95. The lowest BCUT2D eigenvalue weighted by molar-refractivity contribution is -0.384. The fraction of sp³-hybridized carbons (Fsp3) is 0.0714. The van der Waals surface area contributed by atoms with E-state index in [9.17, 15) is 20.0 Å². The zero-order valence-corrected chi connectivity index (χ0v) is 11.6. The molecule has 2 amide bonds. The number of hydrogen-bond acceptors (Lipinski definition) is 5. The first-order chi connectivity index (χ1) is 10.5. The number of hydrogen-bond donors (Lipinski definition) is 3. The Bertz CT molecular complexity index is 717. The maximum atomic E-state index is 11.8. The van der Waals surface area contributed by atoms with Crippen molar-refractivity contribution < 1.29 is 19.6 Å². The molecule has 2 aromatic rings. The monoisotopic (exact) mass is 303 g/mol. The average Bonchev–Trinajstić information content (AvgIpc) is 2.49. The Hall–Kier alpha value is -3.29. The molecule has 0 radical (unpaired) electrons. The Kier molecular flexibility index (Phi) is 4.42. The van der Waals surface area contributed by atoms with Gasteiger partial charge in [-0.2, -0.15) is 0 Å². The van der Waals surface area contributed by atoms with E-state index in [0.717, 1.165) is 0 Å². The van der Waals surface area contributed by atoms with E-state index in [4.69, 9.17) is 4.74 Å². The number of benzene rings is 2. The summed E-state index contributed by atoms with van der Waals surface area (Å²) < 4.78 is 4.93. The number of nitro benzene ring substituents is 1. The van der Waals surface area contributed by atoms with Crippen molar-refractivity contribution in [1.29, 1.82) is 0 Å². The first-order valence-electron chi connectivity index (χ1n) is 6.19. The largest absolute Gasteiger partial charge is 0.506 e. The second-order valence-electron chi connectivity index (χ2n) is 4.27. The maximum absolute atomic E-state index is 11.8. The molecule has 22 heavy (non-hydrogen) atoms. The molecule has 0 spiro atoms. The van der Waals surface area contributed by atoms with Gasteiger partial charge in [-0.1, -0.05) is 6.07 Å². The smallest absolute Gasteiger partial charge is 0.323 e. The van der Waals surface area contributed by atoms with Crippen LogP contribution in [-0.4, -0.2) is 23.2 Å². The van der Waals surface area contributed by atoms with Gasteiger partial charge in [0.05, 0.1) is 17.7 Å². The van der Waals surface area contributed by atoms with E-state index < -0.39 is 11.0 Å². The molecule has 0 atom stereocenters. The zero-order valence-electron chi connectivity index (χ0n) is 11.6. The summed E-state index contributed by atoms with van der Waals surface area (Å²) in [5.41, 5.74) is 0.313. The van der Waals surface area contributed by atoms with Gasteiger partial charge in [0.15, 0.2) is 0 Å². The molecule has 114 valence electrons. The van der Waals surface area contributed by atoms with E-state index in [1.165, 1.54) is 43.5 Å². The standard InChI is InChI=1S/C14H13N3O5/c1-22-11-5-6-12(13(18)8-11)16-14(19)15-9-3-2-4-10(7-9)17(20)21/h2-8,18H,1H3,(H2,15,16,19). The Balaban J connectivity index is 2.07. The highest BCUT2D eigenvalue weighted by Gasteiger charge is 2.10. The van der Waals surface area contributed by atoms with Gasteiger partial charge in [-0.05, 0) is 18.2 Å². The molecule has 0 bridgehead atoms. The van der Waals surface area contributed by atoms with Crippen LogP contribution in [0.1, 0.15) is 0 Å². The van der Waals surface area contributed by atoms with Gasteiger partial charge in [0, 0.05) is 23.9 Å². The van der Waals surface area contributed by atoms with Gasteiger partial charge in [0.1, 0.15) is 11.5 Å². The number of carbonyl (C=O) groups excluding carboxylic acids is 1. The van der Waals surface area contributed by atoms with E-state index in [2.05, 4.69) is 10.6 Å².